The molecule has 10 heteroatoms. The lowest BCUT2D eigenvalue weighted by Gasteiger charge is -2.35. The number of anilines is 1. The zero-order valence-electron chi connectivity index (χ0n) is 17.4. The van der Waals surface area contributed by atoms with Crippen molar-refractivity contribution in [3.8, 4) is 0 Å². The molecule has 162 valence electrons. The smallest absolute Gasteiger partial charge is 0.342 e. The maximum absolute atomic E-state index is 13.3. The van der Waals surface area contributed by atoms with Crippen LogP contribution in [0.3, 0.4) is 0 Å². The van der Waals surface area contributed by atoms with E-state index in [9.17, 15) is 13.2 Å². The van der Waals surface area contributed by atoms with E-state index in [1.54, 1.807) is 6.92 Å². The number of benzene rings is 1. The molecule has 2 aromatic rings. The highest BCUT2D eigenvalue weighted by atomic mass is 32.2. The number of methoxy groups -OCH3 is 1. The van der Waals surface area contributed by atoms with Crippen molar-refractivity contribution < 1.29 is 22.4 Å². The number of hydrogen-bond donors (Lipinski definition) is 1. The van der Waals surface area contributed by atoms with Gasteiger partial charge in [0, 0.05) is 31.9 Å². The lowest BCUT2D eigenvalue weighted by Crippen LogP contribution is -2.51. The molecule has 0 amide bonds. The number of rotatable bonds is 4. The van der Waals surface area contributed by atoms with E-state index in [1.807, 2.05) is 36.1 Å². The van der Waals surface area contributed by atoms with Gasteiger partial charge in [0.05, 0.1) is 7.11 Å². The van der Waals surface area contributed by atoms with Crippen molar-refractivity contribution >= 4 is 39.0 Å². The highest BCUT2D eigenvalue weighted by molar-refractivity contribution is 7.89. The van der Waals surface area contributed by atoms with Gasteiger partial charge >= 0.3 is 5.97 Å². The summed E-state index contributed by atoms with van der Waals surface area (Å²) in [6.45, 7) is 6.43. The minimum Gasteiger partial charge on any atom is -0.465 e. The molecule has 1 aromatic heterocycles. The molecule has 3 rings (SSSR count). The van der Waals surface area contributed by atoms with Crippen LogP contribution in [-0.2, 0) is 14.8 Å². The molecule has 1 fully saturated rings. The molecule has 8 nitrogen and oxygen atoms in total. The number of esters is 1. The minimum atomic E-state index is -3.92. The third-order valence-corrected chi connectivity index (χ3v) is 7.43. The maximum Gasteiger partial charge on any atom is 0.342 e. The number of nitrogens with one attached hydrogen (secondary N) is 1. The van der Waals surface area contributed by atoms with Crippen LogP contribution in [0.1, 0.15) is 27.4 Å². The highest BCUT2D eigenvalue weighted by Crippen LogP contribution is 2.30. The third-order valence-electron chi connectivity index (χ3n) is 5.02. The molecule has 1 N–H and O–H groups in total. The number of thiocarbonyl (C=S) groups is 1. The van der Waals surface area contributed by atoms with Crippen molar-refractivity contribution in [2.24, 2.45) is 0 Å². The zero-order chi connectivity index (χ0) is 22.1. The first-order valence-corrected chi connectivity index (χ1v) is 11.3. The van der Waals surface area contributed by atoms with Gasteiger partial charge < -0.3 is 19.4 Å². The molecule has 0 spiro atoms. The van der Waals surface area contributed by atoms with E-state index in [0.717, 1.165) is 11.3 Å². The Bertz CT molecular complexity index is 1050. The molecule has 1 aromatic carbocycles. The quantitative estimate of drug-likeness (QED) is 0.560. The highest BCUT2D eigenvalue weighted by Gasteiger charge is 2.37. The van der Waals surface area contributed by atoms with Crippen LogP contribution in [-0.4, -0.2) is 62.0 Å². The normalized spacial score (nSPS) is 15.1. The SMILES string of the molecule is COC(=O)c1c(C)oc(C)c1S(=O)(=O)N1CCN(C(=S)Nc2ccc(C)cc2)CC1. The Morgan fingerprint density at radius 3 is 2.23 bits per heavy atom. The van der Waals surface area contributed by atoms with Crippen LogP contribution in [0.4, 0.5) is 5.69 Å². The van der Waals surface area contributed by atoms with Crippen molar-refractivity contribution in [2.75, 3.05) is 38.6 Å². The number of carbonyl (C=O) groups excluding carboxylic acids is 1. The molecule has 1 aliphatic rings. The van der Waals surface area contributed by atoms with Crippen LogP contribution in [0.25, 0.3) is 0 Å². The third kappa shape index (κ3) is 4.35. The topological polar surface area (TPSA) is 92.1 Å². The zero-order valence-corrected chi connectivity index (χ0v) is 19.0. The summed E-state index contributed by atoms with van der Waals surface area (Å²) >= 11 is 5.48. The molecule has 1 aliphatic heterocycles. The summed E-state index contributed by atoms with van der Waals surface area (Å²) in [5.41, 5.74) is 1.99. The van der Waals surface area contributed by atoms with Crippen LogP contribution >= 0.6 is 12.2 Å². The molecule has 0 aliphatic carbocycles. The molecule has 0 saturated carbocycles. The second-order valence-electron chi connectivity index (χ2n) is 7.10. The van der Waals surface area contributed by atoms with E-state index < -0.39 is 16.0 Å². The second-order valence-corrected chi connectivity index (χ2v) is 9.36. The van der Waals surface area contributed by atoms with Gasteiger partial charge in [-0.05, 0) is 45.1 Å². The molecule has 0 bridgehead atoms. The van der Waals surface area contributed by atoms with E-state index in [0.29, 0.717) is 18.2 Å². The van der Waals surface area contributed by atoms with Gasteiger partial charge in [0.1, 0.15) is 22.0 Å². The van der Waals surface area contributed by atoms with Gasteiger partial charge in [-0.1, -0.05) is 17.7 Å². The van der Waals surface area contributed by atoms with Crippen LogP contribution in [0.15, 0.2) is 33.6 Å². The first-order chi connectivity index (χ1) is 14.1. The second kappa shape index (κ2) is 8.75. The molecular formula is C20H25N3O5S2. The fourth-order valence-electron chi connectivity index (χ4n) is 3.41. The number of carbonyl (C=O) groups is 1. The van der Waals surface area contributed by atoms with E-state index in [4.69, 9.17) is 21.4 Å². The number of sulfonamides is 1. The van der Waals surface area contributed by atoms with Gasteiger partial charge in [-0.3, -0.25) is 0 Å². The molecule has 0 radical (unpaired) electrons. The first kappa shape index (κ1) is 22.3. The van der Waals surface area contributed by atoms with Crippen molar-refractivity contribution in [1.82, 2.24) is 9.21 Å². The number of piperazine rings is 1. The van der Waals surface area contributed by atoms with Crippen LogP contribution in [0.5, 0.6) is 0 Å². The summed E-state index contributed by atoms with van der Waals surface area (Å²) in [6, 6.07) is 7.87. The number of ether oxygens (including phenoxy) is 1. The Morgan fingerprint density at radius 1 is 1.07 bits per heavy atom. The summed E-state index contributed by atoms with van der Waals surface area (Å²) in [5, 5.41) is 3.72. The molecule has 2 heterocycles. The monoisotopic (exact) mass is 451 g/mol. The minimum absolute atomic E-state index is 0.0472. The predicted molar refractivity (Wildman–Crippen MR) is 117 cm³/mol. The Kier molecular flexibility index (Phi) is 6.49. The van der Waals surface area contributed by atoms with Gasteiger partial charge in [-0.2, -0.15) is 4.31 Å². The van der Waals surface area contributed by atoms with Crippen molar-refractivity contribution in [3.63, 3.8) is 0 Å². The van der Waals surface area contributed by atoms with Crippen LogP contribution < -0.4 is 5.32 Å². The van der Waals surface area contributed by atoms with E-state index in [1.165, 1.54) is 18.3 Å². The maximum atomic E-state index is 13.3. The summed E-state index contributed by atoms with van der Waals surface area (Å²) in [4.78, 5) is 13.9. The molecular weight excluding hydrogens is 426 g/mol. The van der Waals surface area contributed by atoms with Gasteiger partial charge in [0.15, 0.2) is 5.11 Å². The average Bonchev–Trinajstić information content (AvgIpc) is 3.03. The molecule has 0 atom stereocenters. The Labute approximate surface area is 181 Å². The summed E-state index contributed by atoms with van der Waals surface area (Å²) < 4.78 is 38.0. The fraction of sp³-hybridized carbons (Fsp3) is 0.400. The number of hydrogen-bond acceptors (Lipinski definition) is 6. The number of furan rings is 1. The molecule has 30 heavy (non-hydrogen) atoms. The predicted octanol–water partition coefficient (Wildman–Crippen LogP) is 2.69. The molecule has 1 saturated heterocycles. The van der Waals surface area contributed by atoms with Crippen molar-refractivity contribution in [2.45, 2.75) is 25.7 Å². The largest absolute Gasteiger partial charge is 0.465 e. The van der Waals surface area contributed by atoms with Crippen molar-refractivity contribution in [1.29, 1.82) is 0 Å². The standard InChI is InChI=1S/C20H25N3O5S2/c1-13-5-7-16(8-6-13)21-20(29)22-9-11-23(12-10-22)30(25,26)18-15(3)28-14(2)17(18)19(24)27-4/h5-8H,9-12H2,1-4H3,(H,21,29). The number of nitrogens with zero attached hydrogens (tertiary/aromatic N) is 2. The van der Waals surface area contributed by atoms with Gasteiger partial charge in [0.25, 0.3) is 0 Å². The van der Waals surface area contributed by atoms with Gasteiger partial charge in [-0.25, -0.2) is 13.2 Å². The Hall–Kier alpha value is -2.43. The fourth-order valence-corrected chi connectivity index (χ4v) is 5.50. The van der Waals surface area contributed by atoms with E-state index in [-0.39, 0.29) is 35.1 Å². The average molecular weight is 452 g/mol. The number of aryl methyl sites for hydroxylation is 3. The molecule has 0 unspecified atom stereocenters. The van der Waals surface area contributed by atoms with Crippen molar-refractivity contribution in [3.05, 3.63) is 46.9 Å². The van der Waals surface area contributed by atoms with Gasteiger partial charge in [-0.15, -0.1) is 0 Å². The van der Waals surface area contributed by atoms with Gasteiger partial charge in [0.2, 0.25) is 10.0 Å². The van der Waals surface area contributed by atoms with Crippen LogP contribution in [0, 0.1) is 20.8 Å². The van der Waals surface area contributed by atoms with Crippen LogP contribution in [0.2, 0.25) is 0 Å². The first-order valence-electron chi connectivity index (χ1n) is 9.46. The Morgan fingerprint density at radius 2 is 1.67 bits per heavy atom. The summed E-state index contributed by atoms with van der Waals surface area (Å²) in [5.74, 6) is -0.336. The lowest BCUT2D eigenvalue weighted by atomic mass is 10.2. The summed E-state index contributed by atoms with van der Waals surface area (Å²) in [6.07, 6.45) is 0. The van der Waals surface area contributed by atoms with E-state index >= 15 is 0 Å². The summed E-state index contributed by atoms with van der Waals surface area (Å²) in [7, 11) is -2.71. The Balaban J connectivity index is 1.72. The lowest BCUT2D eigenvalue weighted by molar-refractivity contribution is 0.0594. The van der Waals surface area contributed by atoms with E-state index in [2.05, 4.69) is 5.32 Å².